The zero-order chi connectivity index (χ0) is 27.6. The molecule has 0 atom stereocenters. The van der Waals surface area contributed by atoms with E-state index in [4.69, 9.17) is 9.47 Å². The van der Waals surface area contributed by atoms with Gasteiger partial charge in [-0.2, -0.15) is 0 Å². The Kier molecular flexibility index (Phi) is 10.8. The summed E-state index contributed by atoms with van der Waals surface area (Å²) in [5.74, 6) is -1.79. The molecule has 2 nitrogen and oxygen atoms in total. The molecule has 0 aromatic heterocycles. The van der Waals surface area contributed by atoms with Crippen molar-refractivity contribution in [3.63, 3.8) is 0 Å². The van der Waals surface area contributed by atoms with Gasteiger partial charge < -0.3 is 9.47 Å². The maximum Gasteiger partial charge on any atom is 0.183 e. The van der Waals surface area contributed by atoms with E-state index in [1.165, 1.54) is 31.7 Å². The van der Waals surface area contributed by atoms with Gasteiger partial charge in [-0.15, -0.1) is 0 Å². The zero-order valence-corrected chi connectivity index (χ0v) is 23.0. The molecule has 0 unspecified atom stereocenters. The molecule has 1 saturated heterocycles. The number of halogens is 3. The first-order chi connectivity index (χ1) is 19.0. The number of ether oxygens (including phenoxy) is 2. The van der Waals surface area contributed by atoms with E-state index in [0.29, 0.717) is 47.5 Å². The van der Waals surface area contributed by atoms with Gasteiger partial charge in [0.25, 0.3) is 0 Å². The highest BCUT2D eigenvalue weighted by Crippen LogP contribution is 2.33. The molecule has 1 fully saturated rings. The van der Waals surface area contributed by atoms with Crippen LogP contribution in [0.3, 0.4) is 0 Å². The van der Waals surface area contributed by atoms with Gasteiger partial charge in [0.2, 0.25) is 0 Å². The molecule has 3 aromatic rings. The van der Waals surface area contributed by atoms with Crippen LogP contribution in [-0.4, -0.2) is 13.2 Å². The highest BCUT2D eigenvalue weighted by molar-refractivity contribution is 5.71. The lowest BCUT2D eigenvalue weighted by Gasteiger charge is -2.28. The average Bonchev–Trinajstić information content (AvgIpc) is 2.95. The van der Waals surface area contributed by atoms with Gasteiger partial charge >= 0.3 is 0 Å². The normalized spacial score (nSPS) is 17.7. The van der Waals surface area contributed by atoms with Gasteiger partial charge in [-0.05, 0) is 42.5 Å². The lowest BCUT2D eigenvalue weighted by atomic mass is 9.96. The van der Waals surface area contributed by atoms with Crippen LogP contribution in [0.2, 0.25) is 0 Å². The fourth-order valence-corrected chi connectivity index (χ4v) is 5.11. The summed E-state index contributed by atoms with van der Waals surface area (Å²) in [5.41, 5.74) is 2.88. The van der Waals surface area contributed by atoms with Crippen molar-refractivity contribution >= 4 is 0 Å². The Morgan fingerprint density at radius 3 is 2.00 bits per heavy atom. The van der Waals surface area contributed by atoms with Crippen molar-refractivity contribution in [2.45, 2.75) is 71.5 Å². The fraction of sp³-hybridized carbons (Fsp3) is 0.412. The molecular formula is C34H39F3O2. The quantitative estimate of drug-likeness (QED) is 0.169. The van der Waals surface area contributed by atoms with Gasteiger partial charge in [-0.25, -0.2) is 13.2 Å². The van der Waals surface area contributed by atoms with Gasteiger partial charge in [0.15, 0.2) is 17.9 Å². The second kappa shape index (κ2) is 14.5. The zero-order valence-electron chi connectivity index (χ0n) is 23.0. The Morgan fingerprint density at radius 1 is 0.744 bits per heavy atom. The molecule has 0 N–H and O–H groups in total. The Bertz CT molecular complexity index is 1230. The standard InChI is InChI=1S/C34H39F3O2/c1-3-5-6-7-8-9-10-12-27-17-20-30(33(37)32(27)36)26-15-13-25(14-16-26)29-19-18-28(21-31(29)35)34-38-22-24(11-4-2)23-39-34/h4,11,13-21,24,34H,3,5-10,12,22-23H2,1-2H3/b11-4+. The Balaban J connectivity index is 1.39. The van der Waals surface area contributed by atoms with E-state index in [2.05, 4.69) is 6.92 Å². The van der Waals surface area contributed by atoms with Gasteiger partial charge in [0, 0.05) is 22.6 Å². The topological polar surface area (TPSA) is 18.5 Å². The van der Waals surface area contributed by atoms with Crippen LogP contribution in [0.25, 0.3) is 22.3 Å². The molecule has 4 rings (SSSR count). The monoisotopic (exact) mass is 536 g/mol. The average molecular weight is 537 g/mol. The van der Waals surface area contributed by atoms with Gasteiger partial charge in [-0.3, -0.25) is 0 Å². The van der Waals surface area contributed by atoms with E-state index in [1.54, 1.807) is 48.5 Å². The van der Waals surface area contributed by atoms with Crippen LogP contribution < -0.4 is 0 Å². The van der Waals surface area contributed by atoms with Crippen LogP contribution >= 0.6 is 0 Å². The summed E-state index contributed by atoms with van der Waals surface area (Å²) in [7, 11) is 0. The second-order valence-corrected chi connectivity index (χ2v) is 10.4. The van der Waals surface area contributed by atoms with Crippen LogP contribution in [-0.2, 0) is 15.9 Å². The van der Waals surface area contributed by atoms with E-state index >= 15 is 4.39 Å². The molecule has 1 aliphatic heterocycles. The third-order valence-corrected chi connectivity index (χ3v) is 7.37. The molecule has 0 bridgehead atoms. The van der Waals surface area contributed by atoms with E-state index in [9.17, 15) is 8.78 Å². The number of hydrogen-bond acceptors (Lipinski definition) is 2. The molecule has 1 aliphatic rings. The summed E-state index contributed by atoms with van der Waals surface area (Å²) in [6.07, 6.45) is 11.9. The van der Waals surface area contributed by atoms with E-state index in [-0.39, 0.29) is 11.5 Å². The first kappa shape index (κ1) is 29.1. The first-order valence-electron chi connectivity index (χ1n) is 14.2. The molecule has 1 heterocycles. The molecule has 0 amide bonds. The molecule has 3 aromatic carbocycles. The predicted octanol–water partition coefficient (Wildman–Crippen LogP) is 9.97. The summed E-state index contributed by atoms with van der Waals surface area (Å²) in [5, 5.41) is 0. The number of aryl methyl sites for hydroxylation is 1. The minimum absolute atomic E-state index is 0.202. The highest BCUT2D eigenvalue weighted by atomic mass is 19.2. The maximum atomic E-state index is 15.0. The largest absolute Gasteiger partial charge is 0.348 e. The van der Waals surface area contributed by atoms with Gasteiger partial charge in [0.1, 0.15) is 5.82 Å². The van der Waals surface area contributed by atoms with Crippen molar-refractivity contribution < 1.29 is 22.6 Å². The van der Waals surface area contributed by atoms with E-state index in [1.807, 2.05) is 19.1 Å². The van der Waals surface area contributed by atoms with Crippen LogP contribution in [0.1, 0.15) is 76.2 Å². The Hall–Kier alpha value is -2.89. The SMILES string of the molecule is C/C=C/C1COC(c2ccc(-c3ccc(-c4ccc(CCCCCCCCC)c(F)c4F)cc3)c(F)c2)OC1. The number of allylic oxidation sites excluding steroid dienone is 1. The van der Waals surface area contributed by atoms with Crippen molar-refractivity contribution in [1.29, 1.82) is 0 Å². The smallest absolute Gasteiger partial charge is 0.183 e. The van der Waals surface area contributed by atoms with E-state index < -0.39 is 23.7 Å². The number of hydrogen-bond donors (Lipinski definition) is 0. The third kappa shape index (κ3) is 7.61. The maximum absolute atomic E-state index is 15.0. The Morgan fingerprint density at radius 2 is 1.36 bits per heavy atom. The number of rotatable bonds is 12. The van der Waals surface area contributed by atoms with Crippen molar-refractivity contribution in [3.8, 4) is 22.3 Å². The van der Waals surface area contributed by atoms with Crippen molar-refractivity contribution in [1.82, 2.24) is 0 Å². The fourth-order valence-electron chi connectivity index (χ4n) is 5.11. The van der Waals surface area contributed by atoms with E-state index in [0.717, 1.165) is 19.3 Å². The summed E-state index contributed by atoms with van der Waals surface area (Å²) in [6.45, 7) is 5.20. The van der Waals surface area contributed by atoms with Crippen LogP contribution in [0.4, 0.5) is 13.2 Å². The minimum Gasteiger partial charge on any atom is -0.348 e. The van der Waals surface area contributed by atoms with Gasteiger partial charge in [-0.1, -0.05) is 106 Å². The lowest BCUT2D eigenvalue weighted by molar-refractivity contribution is -0.197. The minimum atomic E-state index is -0.831. The van der Waals surface area contributed by atoms with Crippen LogP contribution in [0.15, 0.2) is 66.7 Å². The lowest BCUT2D eigenvalue weighted by Crippen LogP contribution is -2.25. The van der Waals surface area contributed by atoms with Crippen molar-refractivity contribution in [2.24, 2.45) is 5.92 Å². The van der Waals surface area contributed by atoms with Gasteiger partial charge in [0.05, 0.1) is 13.2 Å². The molecular weight excluding hydrogens is 497 g/mol. The van der Waals surface area contributed by atoms with Crippen molar-refractivity contribution in [2.75, 3.05) is 13.2 Å². The van der Waals surface area contributed by atoms with Crippen LogP contribution in [0.5, 0.6) is 0 Å². The third-order valence-electron chi connectivity index (χ3n) is 7.37. The molecule has 5 heteroatoms. The molecule has 0 radical (unpaired) electrons. The predicted molar refractivity (Wildman–Crippen MR) is 152 cm³/mol. The summed E-state index contributed by atoms with van der Waals surface area (Å²) < 4.78 is 56.4. The molecule has 0 spiro atoms. The second-order valence-electron chi connectivity index (χ2n) is 10.4. The molecule has 39 heavy (non-hydrogen) atoms. The molecule has 0 saturated carbocycles. The number of unbranched alkanes of at least 4 members (excludes halogenated alkanes) is 6. The summed E-state index contributed by atoms with van der Waals surface area (Å²) in [4.78, 5) is 0. The highest BCUT2D eigenvalue weighted by Gasteiger charge is 2.23. The summed E-state index contributed by atoms with van der Waals surface area (Å²) in [6, 6.07) is 15.1. The van der Waals surface area contributed by atoms with Crippen molar-refractivity contribution in [3.05, 3.63) is 95.3 Å². The molecule has 0 aliphatic carbocycles. The molecule has 208 valence electrons. The first-order valence-corrected chi connectivity index (χ1v) is 14.2. The number of benzene rings is 3. The Labute approximate surface area is 230 Å². The van der Waals surface area contributed by atoms with Crippen LogP contribution in [0, 0.1) is 23.4 Å². The summed E-state index contributed by atoms with van der Waals surface area (Å²) >= 11 is 0.